The lowest BCUT2D eigenvalue weighted by atomic mass is 9.94. The van der Waals surface area contributed by atoms with Crippen molar-refractivity contribution in [3.8, 4) is 0 Å². The molecule has 0 amide bonds. The zero-order valence-corrected chi connectivity index (χ0v) is 20.9. The molecule has 1 heterocycles. The first-order valence-corrected chi connectivity index (χ1v) is 14.0. The second-order valence-corrected chi connectivity index (χ2v) is 14.5. The highest BCUT2D eigenvalue weighted by atomic mass is 28.4. The number of hydrogen-bond donors (Lipinski definition) is 0. The molecule has 0 unspecified atom stereocenters. The minimum atomic E-state index is -2.66. The Morgan fingerprint density at radius 2 is 1.56 bits per heavy atom. The highest BCUT2D eigenvalue weighted by Crippen LogP contribution is 2.42. The lowest BCUT2D eigenvalue weighted by molar-refractivity contribution is -0.194. The van der Waals surface area contributed by atoms with E-state index in [1.807, 2.05) is 6.08 Å². The Balaban J connectivity index is 1.74. The van der Waals surface area contributed by atoms with E-state index in [9.17, 15) is 0 Å². The number of rotatable bonds is 7. The fourth-order valence-corrected chi connectivity index (χ4v) is 10.2. The van der Waals surface area contributed by atoms with Crippen LogP contribution >= 0.6 is 0 Å². The third-order valence-electron chi connectivity index (χ3n) is 7.05. The topological polar surface area (TPSA) is 27.7 Å². The molecule has 0 bridgehead atoms. The summed E-state index contributed by atoms with van der Waals surface area (Å²) in [5, 5.41) is 2.51. The Morgan fingerprint density at radius 1 is 1.00 bits per heavy atom. The van der Waals surface area contributed by atoms with Crippen LogP contribution in [0.2, 0.25) is 5.04 Å². The van der Waals surface area contributed by atoms with Gasteiger partial charge in [0.15, 0.2) is 5.79 Å². The molecule has 1 aliphatic heterocycles. The fourth-order valence-electron chi connectivity index (χ4n) is 5.47. The van der Waals surface area contributed by atoms with Crippen molar-refractivity contribution in [1.82, 2.24) is 0 Å². The monoisotopic (exact) mass is 450 g/mol. The molecule has 3 nitrogen and oxygen atoms in total. The normalized spacial score (nSPS) is 22.0. The largest absolute Gasteiger partial charge is 0.401 e. The van der Waals surface area contributed by atoms with Crippen LogP contribution in [0.1, 0.15) is 59.3 Å². The third-order valence-corrected chi connectivity index (χ3v) is 12.1. The molecule has 172 valence electrons. The van der Waals surface area contributed by atoms with Crippen molar-refractivity contribution in [2.75, 3.05) is 6.61 Å². The van der Waals surface area contributed by atoms with Gasteiger partial charge >= 0.3 is 0 Å². The SMILES string of the molecule is C=CC[C@@H](O[Si](c1ccccc1)(c1ccccc1)C(C)(C)C)[C@H]1COC2(CCCCC2)O1. The average Bonchev–Trinajstić information content (AvgIpc) is 3.20. The van der Waals surface area contributed by atoms with Crippen molar-refractivity contribution < 1.29 is 13.9 Å². The zero-order chi connectivity index (χ0) is 22.7. The molecule has 2 aliphatic rings. The number of hydrogen-bond acceptors (Lipinski definition) is 3. The molecule has 2 fully saturated rings. The summed E-state index contributed by atoms with van der Waals surface area (Å²) in [6, 6.07) is 21.6. The first-order chi connectivity index (χ1) is 15.4. The quantitative estimate of drug-likeness (QED) is 0.407. The van der Waals surface area contributed by atoms with E-state index >= 15 is 0 Å². The molecule has 1 saturated heterocycles. The molecule has 1 spiro atoms. The van der Waals surface area contributed by atoms with Crippen LogP contribution < -0.4 is 10.4 Å². The first kappa shape index (κ1) is 23.4. The van der Waals surface area contributed by atoms with E-state index in [0.717, 1.165) is 19.3 Å². The minimum absolute atomic E-state index is 0.0723. The van der Waals surface area contributed by atoms with Gasteiger partial charge in [-0.05, 0) is 34.7 Å². The van der Waals surface area contributed by atoms with E-state index in [0.29, 0.717) is 6.61 Å². The Hall–Kier alpha value is -1.72. The zero-order valence-electron chi connectivity index (χ0n) is 19.9. The molecule has 2 aromatic carbocycles. The minimum Gasteiger partial charge on any atom is -0.401 e. The molecule has 1 saturated carbocycles. The summed E-state index contributed by atoms with van der Waals surface area (Å²) in [7, 11) is -2.66. The van der Waals surface area contributed by atoms with E-state index in [2.05, 4.69) is 88.0 Å². The molecular formula is C28H38O3Si. The summed E-state index contributed by atoms with van der Waals surface area (Å²) < 4.78 is 20.4. The molecule has 0 radical (unpaired) electrons. The van der Waals surface area contributed by atoms with E-state index in [4.69, 9.17) is 13.9 Å². The standard InChI is InChI=1S/C28H38O3Si/c1-5-15-25(26-22-29-28(30-26)20-13-8-14-21-28)31-32(27(2,3)4,23-16-9-6-10-17-23)24-18-11-7-12-19-24/h5-7,9-12,16-19,25-26H,1,8,13-15,20-22H2,2-4H3/t25-,26-/m1/s1. The molecule has 2 atom stereocenters. The predicted molar refractivity (Wildman–Crippen MR) is 134 cm³/mol. The maximum absolute atomic E-state index is 7.40. The second kappa shape index (κ2) is 9.64. The van der Waals surface area contributed by atoms with Gasteiger partial charge in [-0.1, -0.05) is 93.9 Å². The van der Waals surface area contributed by atoms with Gasteiger partial charge < -0.3 is 13.9 Å². The van der Waals surface area contributed by atoms with Crippen LogP contribution in [0.15, 0.2) is 73.3 Å². The Labute approximate surface area is 194 Å². The predicted octanol–water partition coefficient (Wildman–Crippen LogP) is 5.58. The van der Waals surface area contributed by atoms with Gasteiger partial charge in [-0.3, -0.25) is 0 Å². The lowest BCUT2D eigenvalue weighted by Crippen LogP contribution is -2.68. The van der Waals surface area contributed by atoms with Crippen LogP contribution in [0.4, 0.5) is 0 Å². The summed E-state index contributed by atoms with van der Waals surface area (Å²) in [6.45, 7) is 11.6. The van der Waals surface area contributed by atoms with Crippen LogP contribution in [0.5, 0.6) is 0 Å². The smallest absolute Gasteiger partial charge is 0.261 e. The van der Waals surface area contributed by atoms with E-state index < -0.39 is 14.1 Å². The average molecular weight is 451 g/mol. The molecule has 4 rings (SSSR count). The van der Waals surface area contributed by atoms with Crippen LogP contribution in [-0.4, -0.2) is 32.9 Å². The van der Waals surface area contributed by atoms with Crippen molar-refractivity contribution >= 4 is 18.7 Å². The number of benzene rings is 2. The molecule has 0 aromatic heterocycles. The second-order valence-electron chi connectivity index (χ2n) is 10.3. The van der Waals surface area contributed by atoms with Gasteiger partial charge in [0.25, 0.3) is 8.32 Å². The van der Waals surface area contributed by atoms with Gasteiger partial charge in [-0.15, -0.1) is 6.58 Å². The van der Waals surface area contributed by atoms with E-state index in [1.54, 1.807) is 0 Å². The summed E-state index contributed by atoms with van der Waals surface area (Å²) in [5.74, 6) is -0.406. The summed E-state index contributed by atoms with van der Waals surface area (Å²) in [5.41, 5.74) is 0. The van der Waals surface area contributed by atoms with Crippen LogP contribution in [-0.2, 0) is 13.9 Å². The van der Waals surface area contributed by atoms with Crippen LogP contribution in [0, 0.1) is 0 Å². The molecular weight excluding hydrogens is 412 g/mol. The molecule has 32 heavy (non-hydrogen) atoms. The number of ether oxygens (including phenoxy) is 2. The Morgan fingerprint density at radius 3 is 2.06 bits per heavy atom. The highest BCUT2D eigenvalue weighted by molar-refractivity contribution is 6.99. The summed E-state index contributed by atoms with van der Waals surface area (Å²) >= 11 is 0. The van der Waals surface area contributed by atoms with Gasteiger partial charge in [0, 0.05) is 12.8 Å². The van der Waals surface area contributed by atoms with Crippen molar-refractivity contribution in [2.24, 2.45) is 0 Å². The lowest BCUT2D eigenvalue weighted by Gasteiger charge is -2.46. The molecule has 1 aliphatic carbocycles. The maximum atomic E-state index is 7.40. The van der Waals surface area contributed by atoms with Crippen molar-refractivity contribution in [3.63, 3.8) is 0 Å². The molecule has 4 heteroatoms. The Kier molecular flexibility index (Phi) is 7.06. The maximum Gasteiger partial charge on any atom is 0.261 e. The third kappa shape index (κ3) is 4.51. The van der Waals surface area contributed by atoms with Gasteiger partial charge in [-0.25, -0.2) is 0 Å². The van der Waals surface area contributed by atoms with E-state index in [1.165, 1.54) is 29.6 Å². The summed E-state index contributed by atoms with van der Waals surface area (Å²) in [6.07, 6.45) is 8.14. The van der Waals surface area contributed by atoms with Crippen molar-refractivity contribution in [1.29, 1.82) is 0 Å². The first-order valence-electron chi connectivity index (χ1n) is 12.1. The van der Waals surface area contributed by atoms with E-state index in [-0.39, 0.29) is 17.2 Å². The van der Waals surface area contributed by atoms with Crippen molar-refractivity contribution in [3.05, 3.63) is 73.3 Å². The van der Waals surface area contributed by atoms with Gasteiger partial charge in [0.05, 0.1) is 12.7 Å². The van der Waals surface area contributed by atoms with Gasteiger partial charge in [-0.2, -0.15) is 0 Å². The molecule has 0 N–H and O–H groups in total. The van der Waals surface area contributed by atoms with Crippen molar-refractivity contribution in [2.45, 2.75) is 82.3 Å². The fraction of sp³-hybridized carbons (Fsp3) is 0.500. The van der Waals surface area contributed by atoms with Gasteiger partial charge in [0.1, 0.15) is 6.10 Å². The van der Waals surface area contributed by atoms with Gasteiger partial charge in [0.2, 0.25) is 0 Å². The Bertz CT molecular complexity index is 829. The molecule has 2 aromatic rings. The van der Waals surface area contributed by atoms with Crippen LogP contribution in [0.3, 0.4) is 0 Å². The highest BCUT2D eigenvalue weighted by Gasteiger charge is 2.53. The summed E-state index contributed by atoms with van der Waals surface area (Å²) in [4.78, 5) is 0. The van der Waals surface area contributed by atoms with Crippen LogP contribution in [0.25, 0.3) is 0 Å².